The monoisotopic (exact) mass is 349 g/mol. The van der Waals surface area contributed by atoms with E-state index in [2.05, 4.69) is 46.9 Å². The predicted octanol–water partition coefficient (Wildman–Crippen LogP) is 4.47. The molecule has 26 heavy (non-hydrogen) atoms. The van der Waals surface area contributed by atoms with Gasteiger partial charge in [-0.2, -0.15) is 0 Å². The molecular formula is C22H27N3O. The first-order valence-electron chi connectivity index (χ1n) is 9.53. The van der Waals surface area contributed by atoms with Gasteiger partial charge < -0.3 is 9.72 Å². The van der Waals surface area contributed by atoms with Crippen molar-refractivity contribution in [1.82, 2.24) is 14.9 Å². The minimum atomic E-state index is 0.625. The van der Waals surface area contributed by atoms with E-state index in [1.54, 1.807) is 6.20 Å². The normalized spacial score (nSPS) is 16.2. The van der Waals surface area contributed by atoms with Gasteiger partial charge in [0.25, 0.3) is 0 Å². The number of ether oxygens (including phenoxy) is 1. The van der Waals surface area contributed by atoms with E-state index in [1.165, 1.54) is 40.6 Å². The number of rotatable bonds is 5. The minimum absolute atomic E-state index is 0.625. The maximum absolute atomic E-state index is 5.83. The van der Waals surface area contributed by atoms with Crippen LogP contribution in [-0.2, 0) is 6.54 Å². The van der Waals surface area contributed by atoms with Crippen LogP contribution in [0.3, 0.4) is 0 Å². The highest BCUT2D eigenvalue weighted by atomic mass is 16.5. The molecule has 136 valence electrons. The number of H-pyrrole nitrogens is 1. The van der Waals surface area contributed by atoms with Crippen LogP contribution in [0.15, 0.2) is 42.6 Å². The molecule has 0 radical (unpaired) electrons. The fraction of sp³-hybridized carbons (Fsp3) is 0.409. The van der Waals surface area contributed by atoms with E-state index in [-0.39, 0.29) is 0 Å². The zero-order valence-electron chi connectivity index (χ0n) is 15.7. The zero-order valence-corrected chi connectivity index (χ0v) is 15.7. The van der Waals surface area contributed by atoms with Gasteiger partial charge in [0, 0.05) is 35.4 Å². The molecule has 0 amide bonds. The highest BCUT2D eigenvalue weighted by Crippen LogP contribution is 2.26. The molecule has 2 aromatic heterocycles. The van der Waals surface area contributed by atoms with Crippen LogP contribution in [0, 0.1) is 19.8 Å². The molecule has 4 heteroatoms. The maximum Gasteiger partial charge on any atom is 0.213 e. The summed E-state index contributed by atoms with van der Waals surface area (Å²) >= 11 is 0. The average Bonchev–Trinajstić information content (AvgIpc) is 2.97. The molecule has 0 bridgehead atoms. The molecule has 1 aliphatic heterocycles. The van der Waals surface area contributed by atoms with Crippen molar-refractivity contribution in [2.45, 2.75) is 33.2 Å². The Morgan fingerprint density at radius 1 is 1.15 bits per heavy atom. The second-order valence-corrected chi connectivity index (χ2v) is 7.48. The van der Waals surface area contributed by atoms with Crippen molar-refractivity contribution >= 4 is 10.9 Å². The number of aryl methyl sites for hydroxylation is 2. The Labute approximate surface area is 155 Å². The molecule has 0 atom stereocenters. The number of hydrogen-bond acceptors (Lipinski definition) is 3. The first-order chi connectivity index (χ1) is 12.7. The van der Waals surface area contributed by atoms with E-state index in [1.807, 2.05) is 18.2 Å². The molecular weight excluding hydrogens is 322 g/mol. The van der Waals surface area contributed by atoms with Crippen LogP contribution in [0.25, 0.3) is 10.9 Å². The molecule has 1 saturated heterocycles. The van der Waals surface area contributed by atoms with Gasteiger partial charge in [-0.15, -0.1) is 0 Å². The lowest BCUT2D eigenvalue weighted by atomic mass is 9.97. The molecule has 1 N–H and O–H groups in total. The van der Waals surface area contributed by atoms with Gasteiger partial charge in [-0.3, -0.25) is 4.90 Å². The minimum Gasteiger partial charge on any atom is -0.477 e. The van der Waals surface area contributed by atoms with Crippen LogP contribution in [0.5, 0.6) is 5.88 Å². The third-order valence-electron chi connectivity index (χ3n) is 5.51. The molecule has 3 heterocycles. The molecule has 3 aromatic rings. The molecule has 0 saturated carbocycles. The number of aromatic amines is 1. The molecule has 1 fully saturated rings. The van der Waals surface area contributed by atoms with Crippen LogP contribution in [0.4, 0.5) is 0 Å². The number of hydrogen-bond donors (Lipinski definition) is 1. The van der Waals surface area contributed by atoms with E-state index < -0.39 is 0 Å². The summed E-state index contributed by atoms with van der Waals surface area (Å²) in [6.45, 7) is 8.43. The largest absolute Gasteiger partial charge is 0.477 e. The van der Waals surface area contributed by atoms with E-state index in [9.17, 15) is 0 Å². The van der Waals surface area contributed by atoms with Gasteiger partial charge >= 0.3 is 0 Å². The van der Waals surface area contributed by atoms with Crippen LogP contribution in [0.1, 0.15) is 29.7 Å². The van der Waals surface area contributed by atoms with Gasteiger partial charge in [-0.25, -0.2) is 4.98 Å². The standard InChI is InChI=1S/C22H27N3O/c1-16-6-7-20-19(13-16)17(2)21(24-20)14-25-11-8-18(9-12-25)15-26-22-5-3-4-10-23-22/h3-7,10,13,18,24H,8-9,11-12,14-15H2,1-2H3. The summed E-state index contributed by atoms with van der Waals surface area (Å²) in [7, 11) is 0. The quantitative estimate of drug-likeness (QED) is 0.739. The fourth-order valence-electron chi connectivity index (χ4n) is 3.82. The summed E-state index contributed by atoms with van der Waals surface area (Å²) in [5.74, 6) is 1.36. The van der Waals surface area contributed by atoms with Crippen molar-refractivity contribution in [3.63, 3.8) is 0 Å². The Morgan fingerprint density at radius 3 is 2.77 bits per heavy atom. The second kappa shape index (κ2) is 7.50. The van der Waals surface area contributed by atoms with Gasteiger partial charge in [0.15, 0.2) is 0 Å². The third kappa shape index (κ3) is 3.75. The van der Waals surface area contributed by atoms with Crippen molar-refractivity contribution in [2.75, 3.05) is 19.7 Å². The van der Waals surface area contributed by atoms with E-state index in [0.717, 1.165) is 32.1 Å². The number of fused-ring (bicyclic) bond motifs is 1. The number of pyridine rings is 1. The predicted molar refractivity (Wildman–Crippen MR) is 106 cm³/mol. The lowest BCUT2D eigenvalue weighted by Gasteiger charge is -2.31. The smallest absolute Gasteiger partial charge is 0.213 e. The molecule has 0 spiro atoms. The lowest BCUT2D eigenvalue weighted by molar-refractivity contribution is 0.133. The Hall–Kier alpha value is -2.33. The summed E-state index contributed by atoms with van der Waals surface area (Å²) in [5.41, 5.74) is 5.32. The topological polar surface area (TPSA) is 41.2 Å². The summed E-state index contributed by atoms with van der Waals surface area (Å²) in [6.07, 6.45) is 4.15. The number of piperidine rings is 1. The summed E-state index contributed by atoms with van der Waals surface area (Å²) < 4.78 is 5.83. The molecule has 1 aliphatic rings. The highest BCUT2D eigenvalue weighted by Gasteiger charge is 2.21. The summed E-state index contributed by atoms with van der Waals surface area (Å²) in [5, 5.41) is 1.36. The van der Waals surface area contributed by atoms with Crippen LogP contribution in [-0.4, -0.2) is 34.6 Å². The fourth-order valence-corrected chi connectivity index (χ4v) is 3.82. The first-order valence-corrected chi connectivity index (χ1v) is 9.53. The number of likely N-dealkylation sites (tertiary alicyclic amines) is 1. The Balaban J connectivity index is 1.32. The van der Waals surface area contributed by atoms with Crippen LogP contribution >= 0.6 is 0 Å². The van der Waals surface area contributed by atoms with Gasteiger partial charge in [0.05, 0.1) is 6.61 Å². The van der Waals surface area contributed by atoms with Crippen molar-refractivity contribution in [2.24, 2.45) is 5.92 Å². The third-order valence-corrected chi connectivity index (χ3v) is 5.51. The number of nitrogens with one attached hydrogen (secondary N) is 1. The van der Waals surface area contributed by atoms with Gasteiger partial charge in [0.2, 0.25) is 5.88 Å². The van der Waals surface area contributed by atoms with Crippen molar-refractivity contribution in [1.29, 1.82) is 0 Å². The molecule has 0 aliphatic carbocycles. The number of benzene rings is 1. The molecule has 1 aromatic carbocycles. The molecule has 4 rings (SSSR count). The number of aromatic nitrogens is 2. The van der Waals surface area contributed by atoms with E-state index in [4.69, 9.17) is 4.74 Å². The average molecular weight is 349 g/mol. The zero-order chi connectivity index (χ0) is 17.9. The second-order valence-electron chi connectivity index (χ2n) is 7.48. The summed E-state index contributed by atoms with van der Waals surface area (Å²) in [4.78, 5) is 10.4. The Morgan fingerprint density at radius 2 is 2.00 bits per heavy atom. The van der Waals surface area contributed by atoms with Gasteiger partial charge in [-0.1, -0.05) is 17.7 Å². The van der Waals surface area contributed by atoms with Crippen molar-refractivity contribution in [3.05, 3.63) is 59.4 Å². The number of nitrogens with zero attached hydrogens (tertiary/aromatic N) is 2. The maximum atomic E-state index is 5.83. The van der Waals surface area contributed by atoms with Gasteiger partial charge in [0.1, 0.15) is 0 Å². The highest BCUT2D eigenvalue weighted by molar-refractivity contribution is 5.85. The van der Waals surface area contributed by atoms with Crippen LogP contribution in [0.2, 0.25) is 0 Å². The Kier molecular flexibility index (Phi) is 4.93. The van der Waals surface area contributed by atoms with Crippen LogP contribution < -0.4 is 4.74 Å². The SMILES string of the molecule is Cc1ccc2[nH]c(CN3CCC(COc4ccccn4)CC3)c(C)c2c1. The molecule has 0 unspecified atom stereocenters. The first kappa shape index (κ1) is 17.1. The Bertz CT molecular complexity index is 864. The van der Waals surface area contributed by atoms with E-state index >= 15 is 0 Å². The molecule has 4 nitrogen and oxygen atoms in total. The summed E-state index contributed by atoms with van der Waals surface area (Å²) in [6, 6.07) is 12.5. The van der Waals surface area contributed by atoms with Gasteiger partial charge in [-0.05, 0) is 69.5 Å². The van der Waals surface area contributed by atoms with E-state index in [0.29, 0.717) is 5.92 Å². The van der Waals surface area contributed by atoms with Crippen molar-refractivity contribution in [3.8, 4) is 5.88 Å². The van der Waals surface area contributed by atoms with Crippen molar-refractivity contribution < 1.29 is 4.74 Å². The lowest BCUT2D eigenvalue weighted by Crippen LogP contribution is -2.35.